The molecule has 0 spiro atoms. The van der Waals surface area contributed by atoms with Crippen LogP contribution in [0.4, 0.5) is 5.69 Å². The van der Waals surface area contributed by atoms with E-state index in [0.29, 0.717) is 16.8 Å². The van der Waals surface area contributed by atoms with E-state index in [1.54, 1.807) is 30.3 Å². The summed E-state index contributed by atoms with van der Waals surface area (Å²) in [5, 5.41) is 8.73. The number of anilines is 1. The first-order valence-electron chi connectivity index (χ1n) is 6.15. The third kappa shape index (κ3) is 4.31. The Morgan fingerprint density at radius 1 is 1.19 bits per heavy atom. The standard InChI is InChI=1S/C15H13BrN2O2S/c1-11-2-7-14(16)8-15(11)18-21(19,20)10-13-5-3-12(9-17)4-6-13/h2-8,18H,10H2,1H3. The summed E-state index contributed by atoms with van der Waals surface area (Å²) in [6.45, 7) is 1.84. The lowest BCUT2D eigenvalue weighted by Gasteiger charge is -2.11. The Bertz CT molecular complexity index is 793. The molecular weight excluding hydrogens is 352 g/mol. The lowest BCUT2D eigenvalue weighted by molar-refractivity contribution is 0.600. The van der Waals surface area contributed by atoms with Crippen molar-refractivity contribution in [3.05, 3.63) is 63.6 Å². The van der Waals surface area contributed by atoms with E-state index in [1.165, 1.54) is 0 Å². The van der Waals surface area contributed by atoms with Gasteiger partial charge in [-0.2, -0.15) is 5.26 Å². The van der Waals surface area contributed by atoms with Gasteiger partial charge in [-0.3, -0.25) is 4.72 Å². The van der Waals surface area contributed by atoms with Gasteiger partial charge in [0.2, 0.25) is 10.0 Å². The number of nitriles is 1. The van der Waals surface area contributed by atoms with Crippen LogP contribution in [0.25, 0.3) is 0 Å². The average molecular weight is 365 g/mol. The van der Waals surface area contributed by atoms with Gasteiger partial charge in [-0.05, 0) is 42.3 Å². The molecule has 0 heterocycles. The molecule has 4 nitrogen and oxygen atoms in total. The minimum atomic E-state index is -3.50. The molecule has 0 aliphatic rings. The summed E-state index contributed by atoms with van der Waals surface area (Å²) in [6.07, 6.45) is 0. The highest BCUT2D eigenvalue weighted by molar-refractivity contribution is 9.10. The van der Waals surface area contributed by atoms with Crippen molar-refractivity contribution in [3.8, 4) is 6.07 Å². The Morgan fingerprint density at radius 3 is 2.48 bits per heavy atom. The van der Waals surface area contributed by atoms with Gasteiger partial charge in [0.15, 0.2) is 0 Å². The van der Waals surface area contributed by atoms with Crippen molar-refractivity contribution in [2.24, 2.45) is 0 Å². The maximum absolute atomic E-state index is 12.2. The molecule has 0 aliphatic heterocycles. The van der Waals surface area contributed by atoms with Crippen molar-refractivity contribution in [3.63, 3.8) is 0 Å². The molecule has 6 heteroatoms. The number of halogens is 1. The fraction of sp³-hybridized carbons (Fsp3) is 0.133. The van der Waals surface area contributed by atoms with Gasteiger partial charge in [0.1, 0.15) is 0 Å². The van der Waals surface area contributed by atoms with Gasteiger partial charge in [-0.1, -0.05) is 34.1 Å². The molecule has 2 aromatic carbocycles. The van der Waals surface area contributed by atoms with Gasteiger partial charge >= 0.3 is 0 Å². The molecule has 21 heavy (non-hydrogen) atoms. The first-order valence-corrected chi connectivity index (χ1v) is 8.60. The van der Waals surface area contributed by atoms with Gasteiger partial charge in [0.05, 0.1) is 23.1 Å². The summed E-state index contributed by atoms with van der Waals surface area (Å²) < 4.78 is 27.8. The SMILES string of the molecule is Cc1ccc(Br)cc1NS(=O)(=O)Cc1ccc(C#N)cc1. The summed E-state index contributed by atoms with van der Waals surface area (Å²) in [5.74, 6) is -0.134. The molecule has 0 saturated carbocycles. The second-order valence-corrected chi connectivity index (χ2v) is 7.27. The molecule has 0 aliphatic carbocycles. The van der Waals surface area contributed by atoms with Crippen molar-refractivity contribution in [2.45, 2.75) is 12.7 Å². The predicted octanol–water partition coefficient (Wildman–Crippen LogP) is 3.57. The number of hydrogen-bond donors (Lipinski definition) is 1. The maximum atomic E-state index is 12.2. The normalized spacial score (nSPS) is 10.9. The fourth-order valence-corrected chi connectivity index (χ4v) is 3.42. The quantitative estimate of drug-likeness (QED) is 0.901. The lowest BCUT2D eigenvalue weighted by atomic mass is 10.2. The number of sulfonamides is 1. The zero-order valence-corrected chi connectivity index (χ0v) is 13.7. The Balaban J connectivity index is 2.18. The number of nitrogens with zero attached hydrogens (tertiary/aromatic N) is 1. The van der Waals surface area contributed by atoms with Gasteiger partial charge in [0.25, 0.3) is 0 Å². The van der Waals surface area contributed by atoms with Crippen LogP contribution in [-0.2, 0) is 15.8 Å². The molecule has 0 amide bonds. The minimum Gasteiger partial charge on any atom is -0.283 e. The van der Waals surface area contributed by atoms with Crippen LogP contribution in [0.1, 0.15) is 16.7 Å². The van der Waals surface area contributed by atoms with E-state index < -0.39 is 10.0 Å². The van der Waals surface area contributed by atoms with Crippen LogP contribution < -0.4 is 4.72 Å². The second kappa shape index (κ2) is 6.29. The average Bonchev–Trinajstić information content (AvgIpc) is 2.43. The van der Waals surface area contributed by atoms with Crippen LogP contribution in [0, 0.1) is 18.3 Å². The minimum absolute atomic E-state index is 0.134. The first kappa shape index (κ1) is 15.5. The predicted molar refractivity (Wildman–Crippen MR) is 86.3 cm³/mol. The summed E-state index contributed by atoms with van der Waals surface area (Å²) in [5.41, 5.74) is 2.54. The largest absolute Gasteiger partial charge is 0.283 e. The highest BCUT2D eigenvalue weighted by Gasteiger charge is 2.13. The fourth-order valence-electron chi connectivity index (χ4n) is 1.80. The van der Waals surface area contributed by atoms with Crippen molar-refractivity contribution < 1.29 is 8.42 Å². The smallest absolute Gasteiger partial charge is 0.236 e. The zero-order chi connectivity index (χ0) is 15.5. The summed E-state index contributed by atoms with van der Waals surface area (Å²) >= 11 is 3.32. The van der Waals surface area contributed by atoms with Crippen molar-refractivity contribution in [1.29, 1.82) is 5.26 Å². The molecule has 0 unspecified atom stereocenters. The number of aryl methyl sites for hydroxylation is 1. The van der Waals surface area contributed by atoms with Crippen molar-refractivity contribution in [2.75, 3.05) is 4.72 Å². The Labute approximate surface area is 132 Å². The number of hydrogen-bond acceptors (Lipinski definition) is 3. The Kier molecular flexibility index (Phi) is 4.66. The highest BCUT2D eigenvalue weighted by atomic mass is 79.9. The van der Waals surface area contributed by atoms with Crippen molar-refractivity contribution >= 4 is 31.6 Å². The van der Waals surface area contributed by atoms with Crippen molar-refractivity contribution in [1.82, 2.24) is 0 Å². The van der Waals surface area contributed by atoms with Gasteiger partial charge in [0, 0.05) is 4.47 Å². The third-order valence-corrected chi connectivity index (χ3v) is 4.64. The Morgan fingerprint density at radius 2 is 1.86 bits per heavy atom. The Hall–Kier alpha value is -1.84. The van der Waals surface area contributed by atoms with E-state index in [-0.39, 0.29) is 5.75 Å². The zero-order valence-electron chi connectivity index (χ0n) is 11.3. The van der Waals surface area contributed by atoms with E-state index in [4.69, 9.17) is 5.26 Å². The summed E-state index contributed by atoms with van der Waals surface area (Å²) in [4.78, 5) is 0. The van der Waals surface area contributed by atoms with Gasteiger partial charge in [-0.15, -0.1) is 0 Å². The lowest BCUT2D eigenvalue weighted by Crippen LogP contribution is -2.15. The van der Waals surface area contributed by atoms with E-state index >= 15 is 0 Å². The van der Waals surface area contributed by atoms with Gasteiger partial charge in [-0.25, -0.2) is 8.42 Å². The van der Waals surface area contributed by atoms with Crippen LogP contribution in [0.15, 0.2) is 46.9 Å². The molecule has 2 rings (SSSR count). The molecule has 2 aromatic rings. The first-order chi connectivity index (χ1) is 9.89. The van der Waals surface area contributed by atoms with Gasteiger partial charge < -0.3 is 0 Å². The number of nitrogens with one attached hydrogen (secondary N) is 1. The monoisotopic (exact) mass is 364 g/mol. The van der Waals surface area contributed by atoms with E-state index in [1.807, 2.05) is 25.1 Å². The van der Waals surface area contributed by atoms with E-state index in [2.05, 4.69) is 20.7 Å². The molecule has 0 radical (unpaired) electrons. The summed E-state index contributed by atoms with van der Waals surface area (Å²) in [6, 6.07) is 13.9. The molecule has 108 valence electrons. The van der Waals surface area contributed by atoms with Crippen LogP contribution >= 0.6 is 15.9 Å². The van der Waals surface area contributed by atoms with Crippen LogP contribution in [-0.4, -0.2) is 8.42 Å². The topological polar surface area (TPSA) is 70.0 Å². The highest BCUT2D eigenvalue weighted by Crippen LogP contribution is 2.22. The van der Waals surface area contributed by atoms with Crippen LogP contribution in [0.5, 0.6) is 0 Å². The molecule has 0 atom stereocenters. The number of benzene rings is 2. The third-order valence-electron chi connectivity index (χ3n) is 2.90. The molecule has 0 fully saturated rings. The second-order valence-electron chi connectivity index (χ2n) is 4.63. The molecule has 0 bridgehead atoms. The van der Waals surface area contributed by atoms with Crippen LogP contribution in [0.3, 0.4) is 0 Å². The molecule has 1 N–H and O–H groups in total. The number of rotatable bonds is 4. The molecular formula is C15H13BrN2O2S. The molecule has 0 saturated heterocycles. The summed E-state index contributed by atoms with van der Waals surface area (Å²) in [7, 11) is -3.50. The van der Waals surface area contributed by atoms with Crippen LogP contribution in [0.2, 0.25) is 0 Å². The van der Waals surface area contributed by atoms with E-state index in [9.17, 15) is 8.42 Å². The molecule has 0 aromatic heterocycles. The maximum Gasteiger partial charge on any atom is 0.236 e. The van der Waals surface area contributed by atoms with E-state index in [0.717, 1.165) is 10.0 Å².